The van der Waals surface area contributed by atoms with Gasteiger partial charge in [0.15, 0.2) is 0 Å². The Balaban J connectivity index is 2.13. The van der Waals surface area contributed by atoms with E-state index in [0.29, 0.717) is 11.6 Å². The predicted octanol–water partition coefficient (Wildman–Crippen LogP) is 2.29. The summed E-state index contributed by atoms with van der Waals surface area (Å²) in [6.07, 6.45) is 0. The molecule has 0 bridgehead atoms. The Hall–Kier alpha value is -1.69. The molecule has 2 amide bonds. The molecule has 1 atom stereocenters. The van der Waals surface area contributed by atoms with Crippen LogP contribution in [0, 0.1) is 13.8 Å². The van der Waals surface area contributed by atoms with Gasteiger partial charge >= 0.3 is 12.0 Å². The summed E-state index contributed by atoms with van der Waals surface area (Å²) in [5.41, 5.74) is 2.81. The minimum atomic E-state index is -0.957. The number of aryl methyl sites for hydroxylation is 1. The van der Waals surface area contributed by atoms with Crippen LogP contribution in [0.4, 0.5) is 10.5 Å². The van der Waals surface area contributed by atoms with Crippen molar-refractivity contribution in [2.75, 3.05) is 16.9 Å². The third-order valence-corrected chi connectivity index (χ3v) is 4.29. The number of urea groups is 1. The van der Waals surface area contributed by atoms with Crippen LogP contribution in [0.15, 0.2) is 18.2 Å². The lowest BCUT2D eigenvalue weighted by Gasteiger charge is -2.21. The Morgan fingerprint density at radius 1 is 1.42 bits per heavy atom. The van der Waals surface area contributed by atoms with Gasteiger partial charge in [-0.1, -0.05) is 12.1 Å². The monoisotopic (exact) mass is 280 g/mol. The van der Waals surface area contributed by atoms with Gasteiger partial charge in [0, 0.05) is 11.4 Å². The summed E-state index contributed by atoms with van der Waals surface area (Å²) in [7, 11) is 0. The Labute approximate surface area is 116 Å². The number of nitrogens with zero attached hydrogens (tertiary/aromatic N) is 1. The number of aliphatic carboxylic acids is 1. The first-order valence-corrected chi connectivity index (χ1v) is 7.10. The lowest BCUT2D eigenvalue weighted by Crippen LogP contribution is -2.44. The first kappa shape index (κ1) is 13.7. The van der Waals surface area contributed by atoms with Gasteiger partial charge in [0.1, 0.15) is 6.04 Å². The zero-order valence-electron chi connectivity index (χ0n) is 10.8. The number of hydrogen-bond acceptors (Lipinski definition) is 3. The molecule has 1 aliphatic heterocycles. The summed E-state index contributed by atoms with van der Waals surface area (Å²) in [4.78, 5) is 24.5. The van der Waals surface area contributed by atoms with Crippen molar-refractivity contribution in [1.82, 2.24) is 4.90 Å². The molecular weight excluding hydrogens is 264 g/mol. The van der Waals surface area contributed by atoms with Crippen molar-refractivity contribution >= 4 is 29.4 Å². The lowest BCUT2D eigenvalue weighted by molar-refractivity contribution is -0.140. The number of rotatable bonds is 2. The molecule has 19 heavy (non-hydrogen) atoms. The second-order valence-electron chi connectivity index (χ2n) is 4.50. The van der Waals surface area contributed by atoms with E-state index in [-0.39, 0.29) is 6.03 Å². The summed E-state index contributed by atoms with van der Waals surface area (Å²) in [6, 6.07) is 4.56. The molecule has 1 aromatic rings. The molecule has 0 spiro atoms. The molecule has 2 rings (SSSR count). The van der Waals surface area contributed by atoms with Gasteiger partial charge in [-0.05, 0) is 31.0 Å². The second-order valence-corrected chi connectivity index (χ2v) is 5.50. The molecule has 1 aliphatic rings. The van der Waals surface area contributed by atoms with Gasteiger partial charge in [-0.2, -0.15) is 0 Å². The molecule has 1 fully saturated rings. The Morgan fingerprint density at radius 2 is 2.16 bits per heavy atom. The van der Waals surface area contributed by atoms with Crippen molar-refractivity contribution < 1.29 is 14.7 Å². The summed E-state index contributed by atoms with van der Waals surface area (Å²) in [5, 5.41) is 11.9. The van der Waals surface area contributed by atoms with E-state index in [9.17, 15) is 9.59 Å². The van der Waals surface area contributed by atoms with Crippen LogP contribution >= 0.6 is 11.8 Å². The van der Waals surface area contributed by atoms with E-state index < -0.39 is 12.0 Å². The number of carbonyl (C=O) groups excluding carboxylic acids is 1. The van der Waals surface area contributed by atoms with Crippen molar-refractivity contribution in [3.8, 4) is 0 Å². The predicted molar refractivity (Wildman–Crippen MR) is 75.5 cm³/mol. The third-order valence-electron chi connectivity index (χ3n) is 3.27. The number of carboxylic acids is 1. The summed E-state index contributed by atoms with van der Waals surface area (Å²) >= 11 is 1.45. The van der Waals surface area contributed by atoms with Crippen molar-refractivity contribution in [1.29, 1.82) is 0 Å². The van der Waals surface area contributed by atoms with Crippen LogP contribution in [0.1, 0.15) is 11.1 Å². The Bertz CT molecular complexity index is 519. The van der Waals surface area contributed by atoms with Crippen LogP contribution in [0.2, 0.25) is 0 Å². The van der Waals surface area contributed by atoms with Crippen molar-refractivity contribution in [3.05, 3.63) is 29.3 Å². The van der Waals surface area contributed by atoms with Crippen LogP contribution < -0.4 is 5.32 Å². The van der Waals surface area contributed by atoms with Gasteiger partial charge in [0.05, 0.1) is 5.88 Å². The quantitative estimate of drug-likeness (QED) is 0.872. The van der Waals surface area contributed by atoms with E-state index in [1.807, 2.05) is 32.0 Å². The van der Waals surface area contributed by atoms with E-state index >= 15 is 0 Å². The molecule has 6 heteroatoms. The molecule has 102 valence electrons. The largest absolute Gasteiger partial charge is 0.480 e. The molecule has 5 nitrogen and oxygen atoms in total. The second kappa shape index (κ2) is 5.52. The van der Waals surface area contributed by atoms with Gasteiger partial charge in [-0.15, -0.1) is 11.8 Å². The maximum atomic E-state index is 12.1. The normalized spacial score (nSPS) is 18.4. The van der Waals surface area contributed by atoms with E-state index in [0.717, 1.165) is 16.8 Å². The number of nitrogens with one attached hydrogen (secondary N) is 1. The number of carbonyl (C=O) groups is 2. The van der Waals surface area contributed by atoms with Crippen molar-refractivity contribution in [2.45, 2.75) is 19.9 Å². The average molecular weight is 280 g/mol. The molecule has 0 aromatic heterocycles. The highest BCUT2D eigenvalue weighted by Crippen LogP contribution is 2.24. The molecule has 0 radical (unpaired) electrons. The van der Waals surface area contributed by atoms with Crippen LogP contribution in [0.3, 0.4) is 0 Å². The van der Waals surface area contributed by atoms with Gasteiger partial charge < -0.3 is 15.3 Å². The lowest BCUT2D eigenvalue weighted by atomic mass is 10.1. The minimum absolute atomic E-state index is 0.355. The first-order chi connectivity index (χ1) is 9.00. The van der Waals surface area contributed by atoms with Crippen LogP contribution in [0.25, 0.3) is 0 Å². The number of amides is 2. The van der Waals surface area contributed by atoms with Crippen LogP contribution in [-0.2, 0) is 4.79 Å². The smallest absolute Gasteiger partial charge is 0.327 e. The van der Waals surface area contributed by atoms with Gasteiger partial charge in [0.2, 0.25) is 0 Å². The summed E-state index contributed by atoms with van der Waals surface area (Å²) < 4.78 is 0. The van der Waals surface area contributed by atoms with E-state index in [2.05, 4.69) is 5.32 Å². The zero-order valence-corrected chi connectivity index (χ0v) is 11.7. The van der Waals surface area contributed by atoms with Gasteiger partial charge in [-0.25, -0.2) is 9.59 Å². The highest BCUT2D eigenvalue weighted by molar-refractivity contribution is 7.99. The van der Waals surface area contributed by atoms with Crippen LogP contribution in [0.5, 0.6) is 0 Å². The SMILES string of the molecule is Cc1cccc(NC(=O)N2CSCC2C(=O)O)c1C. The maximum absolute atomic E-state index is 12.1. The number of benzene rings is 1. The fourth-order valence-electron chi connectivity index (χ4n) is 1.92. The number of anilines is 1. The maximum Gasteiger partial charge on any atom is 0.327 e. The fourth-order valence-corrected chi connectivity index (χ4v) is 3.07. The molecule has 1 saturated heterocycles. The third kappa shape index (κ3) is 2.84. The minimum Gasteiger partial charge on any atom is -0.480 e. The molecule has 1 heterocycles. The number of hydrogen-bond donors (Lipinski definition) is 2. The standard InChI is InChI=1S/C13H16N2O3S/c1-8-4-3-5-10(9(8)2)14-13(18)15-7-19-6-11(15)12(16)17/h3-5,11H,6-7H2,1-2H3,(H,14,18)(H,16,17). The van der Waals surface area contributed by atoms with Gasteiger partial charge in [0.25, 0.3) is 0 Å². The summed E-state index contributed by atoms with van der Waals surface area (Å²) in [5.74, 6) is -0.107. The van der Waals surface area contributed by atoms with Gasteiger partial charge in [-0.3, -0.25) is 0 Å². The number of carboxylic acid groups (broad SMARTS) is 1. The van der Waals surface area contributed by atoms with E-state index in [1.54, 1.807) is 0 Å². The molecule has 0 aliphatic carbocycles. The van der Waals surface area contributed by atoms with E-state index in [1.165, 1.54) is 16.7 Å². The summed E-state index contributed by atoms with van der Waals surface area (Å²) in [6.45, 7) is 3.90. The Kier molecular flexibility index (Phi) is 3.99. The van der Waals surface area contributed by atoms with Crippen molar-refractivity contribution in [2.24, 2.45) is 0 Å². The van der Waals surface area contributed by atoms with Crippen molar-refractivity contribution in [3.63, 3.8) is 0 Å². The first-order valence-electron chi connectivity index (χ1n) is 5.95. The molecular formula is C13H16N2O3S. The molecule has 0 saturated carbocycles. The average Bonchev–Trinajstić information content (AvgIpc) is 2.84. The Morgan fingerprint density at radius 3 is 2.84 bits per heavy atom. The molecule has 1 unspecified atom stereocenters. The van der Waals surface area contributed by atoms with Crippen LogP contribution in [-0.4, -0.2) is 39.7 Å². The topological polar surface area (TPSA) is 69.6 Å². The highest BCUT2D eigenvalue weighted by Gasteiger charge is 2.34. The molecule has 1 aromatic carbocycles. The fraction of sp³-hybridized carbons (Fsp3) is 0.385. The highest BCUT2D eigenvalue weighted by atomic mass is 32.2. The number of thioether (sulfide) groups is 1. The molecule has 2 N–H and O–H groups in total. The zero-order chi connectivity index (χ0) is 14.0. The van der Waals surface area contributed by atoms with E-state index in [4.69, 9.17) is 5.11 Å².